The summed E-state index contributed by atoms with van der Waals surface area (Å²) in [5.41, 5.74) is -1.25. The van der Waals surface area contributed by atoms with Crippen LogP contribution in [0, 0.1) is 5.41 Å². The molecule has 2 heterocycles. The number of rotatable bonds is 1. The average molecular weight is 437 g/mol. The van der Waals surface area contributed by atoms with Crippen LogP contribution in [-0.4, -0.2) is 40.9 Å². The summed E-state index contributed by atoms with van der Waals surface area (Å²) in [4.78, 5) is 52.4. The predicted molar refractivity (Wildman–Crippen MR) is 101 cm³/mol. The molecule has 1 aromatic rings. The molecule has 8 heteroatoms. The Morgan fingerprint density at radius 1 is 1.11 bits per heavy atom. The number of halogens is 1. The summed E-state index contributed by atoms with van der Waals surface area (Å²) in [6, 6.07) is 7.19. The van der Waals surface area contributed by atoms with Gasteiger partial charge in [0.2, 0.25) is 17.7 Å². The average Bonchev–Trinajstić information content (AvgIpc) is 2.89. The van der Waals surface area contributed by atoms with E-state index in [1.165, 1.54) is 4.90 Å². The van der Waals surface area contributed by atoms with Crippen molar-refractivity contribution in [3.8, 4) is 0 Å². The third-order valence-corrected chi connectivity index (χ3v) is 5.22. The van der Waals surface area contributed by atoms with Crippen LogP contribution in [0.3, 0.4) is 0 Å². The molecular weight excluding hydrogens is 416 g/mol. The molecule has 1 spiro atoms. The summed E-state index contributed by atoms with van der Waals surface area (Å²) in [5, 5.41) is 0. The van der Waals surface area contributed by atoms with Gasteiger partial charge >= 0.3 is 6.09 Å². The fourth-order valence-electron chi connectivity index (χ4n) is 3.41. The molecule has 4 amide bonds. The van der Waals surface area contributed by atoms with Crippen molar-refractivity contribution in [3.63, 3.8) is 0 Å². The van der Waals surface area contributed by atoms with E-state index in [4.69, 9.17) is 4.74 Å². The summed E-state index contributed by atoms with van der Waals surface area (Å²) in [5.74, 6) is -1.44. The van der Waals surface area contributed by atoms with E-state index in [0.29, 0.717) is 10.6 Å². The molecule has 1 unspecified atom stereocenters. The lowest BCUT2D eigenvalue weighted by Crippen LogP contribution is -2.55. The highest BCUT2D eigenvalue weighted by molar-refractivity contribution is 9.10. The van der Waals surface area contributed by atoms with E-state index in [1.807, 2.05) is 12.1 Å². The SMILES string of the molecule is CC(C)(C)OC(=O)N1C(=O)CCC2(CC(=O)N(c3ccc(Br)cc3)C2)C1=O. The number of imide groups is 3. The maximum Gasteiger partial charge on any atom is 0.424 e. The van der Waals surface area contributed by atoms with Gasteiger partial charge in [-0.1, -0.05) is 15.9 Å². The van der Waals surface area contributed by atoms with E-state index >= 15 is 0 Å². The first-order valence-corrected chi connectivity index (χ1v) is 9.48. The van der Waals surface area contributed by atoms with Gasteiger partial charge in [-0.05, 0) is 51.5 Å². The van der Waals surface area contributed by atoms with Crippen LogP contribution >= 0.6 is 15.9 Å². The molecule has 0 saturated carbocycles. The van der Waals surface area contributed by atoms with E-state index < -0.39 is 28.9 Å². The van der Waals surface area contributed by atoms with Crippen LogP contribution in [0.5, 0.6) is 0 Å². The molecule has 7 nitrogen and oxygen atoms in total. The van der Waals surface area contributed by atoms with Crippen LogP contribution in [-0.2, 0) is 19.1 Å². The van der Waals surface area contributed by atoms with Gasteiger partial charge in [-0.2, -0.15) is 4.90 Å². The van der Waals surface area contributed by atoms with Crippen LogP contribution in [0.2, 0.25) is 0 Å². The Morgan fingerprint density at radius 2 is 1.74 bits per heavy atom. The minimum atomic E-state index is -1.09. The first-order valence-electron chi connectivity index (χ1n) is 8.69. The lowest BCUT2D eigenvalue weighted by atomic mass is 9.78. The third-order valence-electron chi connectivity index (χ3n) is 4.69. The van der Waals surface area contributed by atoms with Gasteiger partial charge in [0.15, 0.2) is 0 Å². The van der Waals surface area contributed by atoms with Crippen LogP contribution in [0.4, 0.5) is 10.5 Å². The Labute approximate surface area is 165 Å². The molecule has 2 saturated heterocycles. The largest absolute Gasteiger partial charge is 0.443 e. The maximum absolute atomic E-state index is 13.1. The van der Waals surface area contributed by atoms with Gasteiger partial charge in [0, 0.05) is 29.5 Å². The third kappa shape index (κ3) is 3.76. The zero-order chi connectivity index (χ0) is 20.0. The molecule has 2 aliphatic rings. The van der Waals surface area contributed by atoms with E-state index in [1.54, 1.807) is 32.9 Å². The monoisotopic (exact) mass is 436 g/mol. The number of likely N-dealkylation sites (tertiary alicyclic amines) is 1. The Kier molecular flexibility index (Phi) is 4.88. The van der Waals surface area contributed by atoms with Gasteiger partial charge in [0.05, 0.1) is 5.41 Å². The van der Waals surface area contributed by atoms with Gasteiger partial charge in [-0.25, -0.2) is 4.79 Å². The standard InChI is InChI=1S/C19H21BrN2O5/c1-18(2,3)27-17(26)22-14(23)8-9-19(16(22)25)10-15(24)21(11-19)13-6-4-12(20)5-7-13/h4-7H,8-11H2,1-3H3. The number of amides is 4. The highest BCUT2D eigenvalue weighted by Gasteiger charge is 2.56. The van der Waals surface area contributed by atoms with E-state index in [-0.39, 0.29) is 31.7 Å². The molecule has 144 valence electrons. The lowest BCUT2D eigenvalue weighted by Gasteiger charge is -2.36. The zero-order valence-corrected chi connectivity index (χ0v) is 17.0. The summed E-state index contributed by atoms with van der Waals surface area (Å²) < 4.78 is 6.09. The summed E-state index contributed by atoms with van der Waals surface area (Å²) in [6.07, 6.45) is -0.755. The number of benzene rings is 1. The normalized spacial score (nSPS) is 23.3. The second-order valence-corrected chi connectivity index (χ2v) is 8.84. The van der Waals surface area contributed by atoms with Crippen molar-refractivity contribution in [2.45, 2.75) is 45.6 Å². The first kappa shape index (κ1) is 19.5. The molecule has 0 N–H and O–H groups in total. The molecule has 3 rings (SSSR count). The molecule has 0 bridgehead atoms. The number of carbonyl (C=O) groups is 4. The Hall–Kier alpha value is -2.22. The minimum Gasteiger partial charge on any atom is -0.443 e. The molecule has 0 aliphatic carbocycles. The summed E-state index contributed by atoms with van der Waals surface area (Å²) in [7, 11) is 0. The Bertz CT molecular complexity index is 814. The van der Waals surface area contributed by atoms with Gasteiger partial charge in [-0.3, -0.25) is 14.4 Å². The van der Waals surface area contributed by atoms with Crippen molar-refractivity contribution in [1.82, 2.24) is 4.90 Å². The second-order valence-electron chi connectivity index (χ2n) is 7.93. The van der Waals surface area contributed by atoms with Crippen molar-refractivity contribution < 1.29 is 23.9 Å². The number of piperidine rings is 1. The topological polar surface area (TPSA) is 84.0 Å². The van der Waals surface area contributed by atoms with E-state index in [9.17, 15) is 19.2 Å². The summed E-state index contributed by atoms with van der Waals surface area (Å²) >= 11 is 3.35. The number of anilines is 1. The Balaban J connectivity index is 1.86. The van der Waals surface area contributed by atoms with Crippen molar-refractivity contribution in [1.29, 1.82) is 0 Å². The van der Waals surface area contributed by atoms with Crippen LogP contribution in [0.25, 0.3) is 0 Å². The van der Waals surface area contributed by atoms with Crippen molar-refractivity contribution in [3.05, 3.63) is 28.7 Å². The maximum atomic E-state index is 13.1. The number of nitrogens with zero attached hydrogens (tertiary/aromatic N) is 2. The Morgan fingerprint density at radius 3 is 2.33 bits per heavy atom. The molecular formula is C19H21BrN2O5. The second kappa shape index (κ2) is 6.74. The van der Waals surface area contributed by atoms with Gasteiger partial charge in [-0.15, -0.1) is 0 Å². The van der Waals surface area contributed by atoms with Crippen molar-refractivity contribution in [2.75, 3.05) is 11.4 Å². The molecule has 0 radical (unpaired) electrons. The number of hydrogen-bond acceptors (Lipinski definition) is 5. The molecule has 0 aromatic heterocycles. The van der Waals surface area contributed by atoms with Crippen LogP contribution < -0.4 is 4.90 Å². The van der Waals surface area contributed by atoms with Crippen molar-refractivity contribution in [2.24, 2.45) is 5.41 Å². The van der Waals surface area contributed by atoms with E-state index in [2.05, 4.69) is 15.9 Å². The minimum absolute atomic E-state index is 0.0203. The highest BCUT2D eigenvalue weighted by atomic mass is 79.9. The zero-order valence-electron chi connectivity index (χ0n) is 15.5. The fourth-order valence-corrected chi connectivity index (χ4v) is 3.67. The van der Waals surface area contributed by atoms with Gasteiger partial charge < -0.3 is 9.64 Å². The van der Waals surface area contributed by atoms with Crippen LogP contribution in [0.15, 0.2) is 28.7 Å². The smallest absolute Gasteiger partial charge is 0.424 e. The van der Waals surface area contributed by atoms with Gasteiger partial charge in [0.25, 0.3) is 0 Å². The van der Waals surface area contributed by atoms with Crippen molar-refractivity contribution >= 4 is 45.4 Å². The number of carbonyl (C=O) groups excluding carboxylic acids is 4. The summed E-state index contributed by atoms with van der Waals surface area (Å²) in [6.45, 7) is 5.12. The first-order chi connectivity index (χ1) is 12.5. The predicted octanol–water partition coefficient (Wildman–Crippen LogP) is 3.26. The van der Waals surface area contributed by atoms with E-state index in [0.717, 1.165) is 4.47 Å². The number of hydrogen-bond donors (Lipinski definition) is 0. The molecule has 2 fully saturated rings. The fraction of sp³-hybridized carbons (Fsp3) is 0.474. The van der Waals surface area contributed by atoms with Gasteiger partial charge in [0.1, 0.15) is 5.60 Å². The molecule has 1 aromatic carbocycles. The quantitative estimate of drug-likeness (QED) is 0.630. The van der Waals surface area contributed by atoms with Crippen LogP contribution in [0.1, 0.15) is 40.0 Å². The molecule has 2 aliphatic heterocycles. The number of ether oxygens (including phenoxy) is 1. The molecule has 1 atom stereocenters. The highest BCUT2D eigenvalue weighted by Crippen LogP contribution is 2.43. The molecule has 27 heavy (non-hydrogen) atoms. The lowest BCUT2D eigenvalue weighted by molar-refractivity contribution is -0.155.